The lowest BCUT2D eigenvalue weighted by molar-refractivity contribution is -0.0126. The third-order valence-corrected chi connectivity index (χ3v) is 9.14. The van der Waals surface area contributed by atoms with Crippen molar-refractivity contribution in [2.24, 2.45) is 11.3 Å². The number of aliphatic hydroxyl groups excluding tert-OH is 2. The monoisotopic (exact) mass is 447 g/mol. The van der Waals surface area contributed by atoms with Gasteiger partial charge in [-0.3, -0.25) is 0 Å². The molecule has 2 heterocycles. The highest BCUT2D eigenvalue weighted by Crippen LogP contribution is 2.71. The lowest BCUT2D eigenvalue weighted by Gasteiger charge is -2.24. The number of nitrogen functional groups attached to an aromatic ring is 1. The molecule has 0 amide bonds. The quantitative estimate of drug-likeness (QED) is 0.412. The molecule has 2 aromatic heterocycles. The maximum atomic E-state index is 10.8. The Labute approximate surface area is 172 Å². The Kier molecular flexibility index (Phi) is 5.74. The Morgan fingerprint density at radius 3 is 2.75 bits per heavy atom. The minimum absolute atomic E-state index is 0.0245. The Balaban J connectivity index is 1.57. The largest absolute Gasteiger partial charge is 0.390 e. The van der Waals surface area contributed by atoms with Crippen LogP contribution in [-0.2, 0) is 9.05 Å². The number of rotatable bonds is 8. The molecule has 0 bridgehead atoms. The van der Waals surface area contributed by atoms with E-state index in [1.165, 1.54) is 0 Å². The standard InChI is InChI=1S/C16H23ClN5O4PS/c1-3-25-27(26-4-2)28-6-16-5-8(16)10(11(23)12(16)24)22-7-19-9-13(18)20-15(17)21-14(9)22/h7-8,10-12,23-24H,3-6H2,1-2H3,(H2,18,20,21)/t8-,10?,11+,12+,16+/m1/s1. The van der Waals surface area contributed by atoms with Crippen LogP contribution in [-0.4, -0.2) is 60.9 Å². The summed E-state index contributed by atoms with van der Waals surface area (Å²) in [5, 5.41) is 21.6. The van der Waals surface area contributed by atoms with Gasteiger partial charge in [0, 0.05) is 11.2 Å². The number of aromatic nitrogens is 4. The summed E-state index contributed by atoms with van der Waals surface area (Å²) in [5.74, 6) is 0.943. The van der Waals surface area contributed by atoms with E-state index in [9.17, 15) is 10.2 Å². The van der Waals surface area contributed by atoms with Gasteiger partial charge < -0.3 is 29.6 Å². The van der Waals surface area contributed by atoms with Crippen molar-refractivity contribution in [1.29, 1.82) is 0 Å². The molecular formula is C16H23ClN5O4PS. The summed E-state index contributed by atoms with van der Waals surface area (Å²) in [4.78, 5) is 12.4. The molecule has 0 spiro atoms. The first-order valence-corrected chi connectivity index (χ1v) is 12.3. The van der Waals surface area contributed by atoms with Crippen LogP contribution in [0, 0.1) is 11.3 Å². The van der Waals surface area contributed by atoms with Gasteiger partial charge in [-0.2, -0.15) is 9.97 Å². The van der Waals surface area contributed by atoms with Crippen LogP contribution in [0.15, 0.2) is 6.33 Å². The number of imidazole rings is 1. The van der Waals surface area contributed by atoms with Crippen LogP contribution in [0.2, 0.25) is 5.28 Å². The van der Waals surface area contributed by atoms with Crippen LogP contribution in [0.3, 0.4) is 0 Å². The Morgan fingerprint density at radius 2 is 2.07 bits per heavy atom. The molecule has 0 aromatic carbocycles. The summed E-state index contributed by atoms with van der Waals surface area (Å²) in [6.07, 6.45) is 0.610. The van der Waals surface area contributed by atoms with Crippen molar-refractivity contribution in [3.05, 3.63) is 11.6 Å². The van der Waals surface area contributed by atoms with Crippen molar-refractivity contribution in [2.75, 3.05) is 24.7 Å². The van der Waals surface area contributed by atoms with Gasteiger partial charge in [-0.05, 0) is 37.8 Å². The highest BCUT2D eigenvalue weighted by molar-refractivity contribution is 8.52. The zero-order chi connectivity index (χ0) is 20.1. The van der Waals surface area contributed by atoms with Crippen molar-refractivity contribution in [2.45, 2.75) is 38.5 Å². The molecule has 0 aliphatic heterocycles. The van der Waals surface area contributed by atoms with Crippen LogP contribution in [0.25, 0.3) is 11.2 Å². The van der Waals surface area contributed by atoms with Gasteiger partial charge in [-0.1, -0.05) is 11.4 Å². The number of hydrogen-bond donors (Lipinski definition) is 3. The summed E-state index contributed by atoms with van der Waals surface area (Å²) < 4.78 is 13.1. The molecule has 2 aromatic rings. The minimum atomic E-state index is -1.06. The van der Waals surface area contributed by atoms with Crippen molar-refractivity contribution >= 4 is 47.5 Å². The average molecular weight is 448 g/mol. The summed E-state index contributed by atoms with van der Waals surface area (Å²) in [7, 11) is -1.06. The first kappa shape index (κ1) is 20.5. The van der Waals surface area contributed by atoms with Crippen molar-refractivity contribution in [3.8, 4) is 0 Å². The molecule has 2 saturated carbocycles. The highest BCUT2D eigenvalue weighted by atomic mass is 35.5. The first-order chi connectivity index (χ1) is 13.4. The van der Waals surface area contributed by atoms with E-state index in [1.54, 1.807) is 22.3 Å². The molecule has 2 fully saturated rings. The van der Waals surface area contributed by atoms with E-state index in [0.29, 0.717) is 30.1 Å². The van der Waals surface area contributed by atoms with E-state index in [1.807, 2.05) is 13.8 Å². The molecule has 12 heteroatoms. The molecule has 0 radical (unpaired) electrons. The number of anilines is 1. The van der Waals surface area contributed by atoms with Crippen molar-refractivity contribution in [3.63, 3.8) is 0 Å². The minimum Gasteiger partial charge on any atom is -0.390 e. The van der Waals surface area contributed by atoms with Crippen LogP contribution in [0.5, 0.6) is 0 Å². The number of fused-ring (bicyclic) bond motifs is 2. The second kappa shape index (κ2) is 7.83. The van der Waals surface area contributed by atoms with Crippen LogP contribution < -0.4 is 5.73 Å². The summed E-state index contributed by atoms with van der Waals surface area (Å²) in [5.41, 5.74) is 6.42. The van der Waals surface area contributed by atoms with Gasteiger partial charge in [0.05, 0.1) is 31.7 Å². The number of nitrogens with zero attached hydrogens (tertiary/aromatic N) is 4. The molecule has 9 nitrogen and oxygen atoms in total. The second-order valence-corrected chi connectivity index (χ2v) is 10.5. The SMILES string of the molecule is CCOP(OCC)SC[C@@]12C[C@@H]1C(n1cnc3c(N)nc(Cl)nc31)[C@H](O)[C@@H]2O. The number of aliphatic hydroxyl groups is 2. The zero-order valence-corrected chi connectivity index (χ0v) is 18.0. The predicted octanol–water partition coefficient (Wildman–Crippen LogP) is 2.38. The van der Waals surface area contributed by atoms with Crippen molar-refractivity contribution in [1.82, 2.24) is 19.5 Å². The molecule has 2 aliphatic carbocycles. The van der Waals surface area contributed by atoms with E-state index >= 15 is 0 Å². The van der Waals surface area contributed by atoms with Crippen LogP contribution in [0.4, 0.5) is 5.82 Å². The summed E-state index contributed by atoms with van der Waals surface area (Å²) in [6, 6.07) is -0.351. The predicted molar refractivity (Wildman–Crippen MR) is 109 cm³/mol. The zero-order valence-electron chi connectivity index (χ0n) is 15.5. The molecule has 1 unspecified atom stereocenters. The topological polar surface area (TPSA) is 129 Å². The summed E-state index contributed by atoms with van der Waals surface area (Å²) >= 11 is 7.54. The van der Waals surface area contributed by atoms with Crippen LogP contribution >= 0.6 is 30.6 Å². The maximum absolute atomic E-state index is 10.8. The summed E-state index contributed by atoms with van der Waals surface area (Å²) in [6.45, 7) is 5.01. The molecule has 0 saturated heterocycles. The van der Waals surface area contributed by atoms with Gasteiger partial charge in [0.25, 0.3) is 0 Å². The van der Waals surface area contributed by atoms with Gasteiger partial charge in [-0.25, -0.2) is 4.98 Å². The third kappa shape index (κ3) is 3.29. The first-order valence-electron chi connectivity index (χ1n) is 9.13. The Hall–Kier alpha value is -0.740. The molecule has 28 heavy (non-hydrogen) atoms. The number of nitrogens with two attached hydrogens (primary N) is 1. The highest BCUT2D eigenvalue weighted by Gasteiger charge is 2.71. The Bertz CT molecular complexity index is 869. The fraction of sp³-hybridized carbons (Fsp3) is 0.688. The third-order valence-electron chi connectivity index (χ3n) is 5.50. The molecule has 4 N–H and O–H groups in total. The van der Waals surface area contributed by atoms with Crippen LogP contribution in [0.1, 0.15) is 26.3 Å². The normalized spacial score (nSPS) is 31.6. The maximum Gasteiger partial charge on any atom is 0.238 e. The van der Waals surface area contributed by atoms with Gasteiger partial charge in [0.15, 0.2) is 11.5 Å². The van der Waals surface area contributed by atoms with Gasteiger partial charge in [0.1, 0.15) is 11.6 Å². The molecule has 154 valence electrons. The number of hydrogen-bond acceptors (Lipinski definition) is 9. The van der Waals surface area contributed by atoms with Gasteiger partial charge >= 0.3 is 0 Å². The Morgan fingerprint density at radius 1 is 1.36 bits per heavy atom. The number of halogens is 1. The van der Waals surface area contributed by atoms with E-state index in [4.69, 9.17) is 26.4 Å². The second-order valence-electron chi connectivity index (χ2n) is 7.00. The molecule has 5 atom stereocenters. The fourth-order valence-electron chi connectivity index (χ4n) is 4.15. The lowest BCUT2D eigenvalue weighted by Crippen LogP contribution is -2.35. The van der Waals surface area contributed by atoms with Gasteiger partial charge in [-0.15, -0.1) is 0 Å². The lowest BCUT2D eigenvalue weighted by atomic mass is 10.0. The van der Waals surface area contributed by atoms with E-state index in [0.717, 1.165) is 6.42 Å². The molecular weight excluding hydrogens is 425 g/mol. The van der Waals surface area contributed by atoms with E-state index < -0.39 is 19.8 Å². The molecule has 2 aliphatic rings. The average Bonchev–Trinajstić information content (AvgIpc) is 3.15. The van der Waals surface area contributed by atoms with Gasteiger partial charge in [0.2, 0.25) is 12.9 Å². The van der Waals surface area contributed by atoms with E-state index in [2.05, 4.69) is 15.0 Å². The van der Waals surface area contributed by atoms with Crippen molar-refractivity contribution < 1.29 is 19.3 Å². The van der Waals surface area contributed by atoms with E-state index in [-0.39, 0.29) is 28.5 Å². The fourth-order valence-corrected chi connectivity index (χ4v) is 7.93. The smallest absolute Gasteiger partial charge is 0.238 e. The molecule has 4 rings (SSSR count).